The molecule has 1 aromatic carbocycles. The second-order valence-corrected chi connectivity index (χ2v) is 4.32. The topological polar surface area (TPSA) is 87.0 Å². The third-order valence-electron chi connectivity index (χ3n) is 2.83. The van der Waals surface area contributed by atoms with Crippen LogP contribution in [0, 0.1) is 0 Å². The molecule has 3 N–H and O–H groups in total. The molecule has 0 heterocycles. The van der Waals surface area contributed by atoms with E-state index in [2.05, 4.69) is 0 Å². The van der Waals surface area contributed by atoms with Crippen LogP contribution in [-0.2, 0) is 10.2 Å². The summed E-state index contributed by atoms with van der Waals surface area (Å²) in [5, 5.41) is 28.4. The van der Waals surface area contributed by atoms with E-state index in [1.54, 1.807) is 32.0 Å². The van der Waals surface area contributed by atoms with E-state index in [0.29, 0.717) is 5.56 Å². The van der Waals surface area contributed by atoms with E-state index in [-0.39, 0.29) is 11.5 Å². The molecular weight excluding hydrogens is 224 g/mol. The number of carboxylic acids is 1. The first kappa shape index (κ1) is 13.3. The lowest BCUT2D eigenvalue weighted by molar-refractivity contribution is -0.150. The number of ether oxygens (including phenoxy) is 1. The quantitative estimate of drug-likeness (QED) is 0.734. The standard InChI is InChI=1S/C12H16O5/c1-12(2,10(14)11(15)16)7-5-4-6-8(17-3)9(7)13/h4-6,10,13-14H,1-3H3,(H,15,16). The van der Waals surface area contributed by atoms with Crippen LogP contribution in [0.3, 0.4) is 0 Å². The molecule has 0 saturated carbocycles. The van der Waals surface area contributed by atoms with Gasteiger partial charge in [-0.2, -0.15) is 0 Å². The molecule has 1 unspecified atom stereocenters. The highest BCUT2D eigenvalue weighted by atomic mass is 16.5. The maximum atomic E-state index is 10.8. The normalized spacial score (nSPS) is 13.2. The van der Waals surface area contributed by atoms with Crippen LogP contribution in [0.15, 0.2) is 18.2 Å². The Labute approximate surface area is 99.3 Å². The van der Waals surface area contributed by atoms with Crippen molar-refractivity contribution in [2.24, 2.45) is 0 Å². The van der Waals surface area contributed by atoms with Gasteiger partial charge in [0.15, 0.2) is 17.6 Å². The average molecular weight is 240 g/mol. The summed E-state index contributed by atoms with van der Waals surface area (Å²) in [5.41, 5.74) is -0.795. The predicted octanol–water partition coefficient (Wildman–Crippen LogP) is 1.12. The highest BCUT2D eigenvalue weighted by molar-refractivity contribution is 5.75. The maximum Gasteiger partial charge on any atom is 0.333 e. The van der Waals surface area contributed by atoms with Gasteiger partial charge in [-0.1, -0.05) is 26.0 Å². The van der Waals surface area contributed by atoms with Gasteiger partial charge in [-0.3, -0.25) is 0 Å². The summed E-state index contributed by atoms with van der Waals surface area (Å²) in [5.74, 6) is -1.24. The van der Waals surface area contributed by atoms with Gasteiger partial charge in [0, 0.05) is 11.0 Å². The minimum atomic E-state index is -1.61. The summed E-state index contributed by atoms with van der Waals surface area (Å²) in [6.07, 6.45) is -1.61. The van der Waals surface area contributed by atoms with Gasteiger partial charge < -0.3 is 20.1 Å². The molecule has 0 saturated heterocycles. The van der Waals surface area contributed by atoms with Crippen molar-refractivity contribution in [2.75, 3.05) is 7.11 Å². The molecule has 1 rings (SSSR count). The van der Waals surface area contributed by atoms with Gasteiger partial charge in [0.2, 0.25) is 0 Å². The average Bonchev–Trinajstić information content (AvgIpc) is 2.27. The van der Waals surface area contributed by atoms with Crippen molar-refractivity contribution in [1.29, 1.82) is 0 Å². The second-order valence-electron chi connectivity index (χ2n) is 4.32. The van der Waals surface area contributed by atoms with E-state index in [9.17, 15) is 15.0 Å². The van der Waals surface area contributed by atoms with E-state index in [4.69, 9.17) is 9.84 Å². The third kappa shape index (κ3) is 2.34. The van der Waals surface area contributed by atoms with E-state index in [1.807, 2.05) is 0 Å². The zero-order valence-electron chi connectivity index (χ0n) is 9.97. The Morgan fingerprint density at radius 1 is 1.41 bits per heavy atom. The van der Waals surface area contributed by atoms with Gasteiger partial charge in [-0.05, 0) is 6.07 Å². The number of phenols is 1. The molecule has 0 aliphatic carbocycles. The number of aliphatic hydroxyl groups is 1. The van der Waals surface area contributed by atoms with E-state index in [1.165, 1.54) is 7.11 Å². The number of phenolic OH excluding ortho intramolecular Hbond substituents is 1. The number of methoxy groups -OCH3 is 1. The number of para-hydroxylation sites is 1. The van der Waals surface area contributed by atoms with Crippen molar-refractivity contribution >= 4 is 5.97 Å². The number of aliphatic hydroxyl groups excluding tert-OH is 1. The molecule has 0 radical (unpaired) electrons. The number of carbonyl (C=O) groups is 1. The largest absolute Gasteiger partial charge is 0.504 e. The molecule has 0 amide bonds. The van der Waals surface area contributed by atoms with Crippen molar-refractivity contribution in [1.82, 2.24) is 0 Å². The fourth-order valence-corrected chi connectivity index (χ4v) is 1.66. The smallest absolute Gasteiger partial charge is 0.333 e. The zero-order valence-corrected chi connectivity index (χ0v) is 9.97. The predicted molar refractivity (Wildman–Crippen MR) is 61.3 cm³/mol. The van der Waals surface area contributed by atoms with Crippen LogP contribution in [0.4, 0.5) is 0 Å². The van der Waals surface area contributed by atoms with E-state index >= 15 is 0 Å². The van der Waals surface area contributed by atoms with Crippen LogP contribution in [0.25, 0.3) is 0 Å². The van der Waals surface area contributed by atoms with Crippen molar-refractivity contribution in [3.63, 3.8) is 0 Å². The number of benzene rings is 1. The van der Waals surface area contributed by atoms with E-state index < -0.39 is 17.5 Å². The number of hydrogen-bond donors (Lipinski definition) is 3. The maximum absolute atomic E-state index is 10.8. The van der Waals surface area contributed by atoms with Crippen LogP contribution < -0.4 is 4.74 Å². The van der Waals surface area contributed by atoms with Gasteiger partial charge >= 0.3 is 5.97 Å². The summed E-state index contributed by atoms with van der Waals surface area (Å²) < 4.78 is 4.94. The Bertz CT molecular complexity index is 425. The fourth-order valence-electron chi connectivity index (χ4n) is 1.66. The van der Waals surface area contributed by atoms with Gasteiger partial charge in [-0.25, -0.2) is 4.79 Å². The number of hydrogen-bond acceptors (Lipinski definition) is 4. The molecule has 0 spiro atoms. The second kappa shape index (κ2) is 4.63. The molecule has 5 nitrogen and oxygen atoms in total. The SMILES string of the molecule is COc1cccc(C(C)(C)C(O)C(=O)O)c1O. The molecule has 0 fully saturated rings. The van der Waals surface area contributed by atoms with E-state index in [0.717, 1.165) is 0 Å². The minimum absolute atomic E-state index is 0.152. The molecular formula is C12H16O5. The zero-order chi connectivity index (χ0) is 13.2. The van der Waals surface area contributed by atoms with Crippen LogP contribution >= 0.6 is 0 Å². The minimum Gasteiger partial charge on any atom is -0.504 e. The number of aliphatic carboxylic acids is 1. The van der Waals surface area contributed by atoms with Gasteiger partial charge in [0.25, 0.3) is 0 Å². The first-order valence-electron chi connectivity index (χ1n) is 5.09. The Balaban J connectivity index is 3.28. The van der Waals surface area contributed by atoms with Crippen molar-refractivity contribution < 1.29 is 24.9 Å². The highest BCUT2D eigenvalue weighted by Gasteiger charge is 2.37. The fraction of sp³-hybridized carbons (Fsp3) is 0.417. The Morgan fingerprint density at radius 2 is 2.00 bits per heavy atom. The molecule has 0 aromatic heterocycles. The highest BCUT2D eigenvalue weighted by Crippen LogP contribution is 2.39. The van der Waals surface area contributed by atoms with Crippen molar-refractivity contribution in [3.05, 3.63) is 23.8 Å². The van der Waals surface area contributed by atoms with Crippen LogP contribution in [0.2, 0.25) is 0 Å². The Kier molecular flexibility index (Phi) is 3.63. The first-order valence-corrected chi connectivity index (χ1v) is 5.09. The molecule has 0 aliphatic rings. The number of aromatic hydroxyl groups is 1. The third-order valence-corrected chi connectivity index (χ3v) is 2.83. The lowest BCUT2D eigenvalue weighted by Crippen LogP contribution is -2.39. The number of rotatable bonds is 4. The van der Waals surface area contributed by atoms with Crippen molar-refractivity contribution in [3.8, 4) is 11.5 Å². The summed E-state index contributed by atoms with van der Waals surface area (Å²) in [6, 6.07) is 4.75. The molecule has 0 aliphatic heterocycles. The van der Waals surface area contributed by atoms with Gasteiger partial charge in [-0.15, -0.1) is 0 Å². The lowest BCUT2D eigenvalue weighted by atomic mass is 9.78. The molecule has 0 bridgehead atoms. The molecule has 5 heteroatoms. The van der Waals surface area contributed by atoms with Crippen LogP contribution in [0.1, 0.15) is 19.4 Å². The molecule has 1 atom stereocenters. The van der Waals surface area contributed by atoms with Crippen LogP contribution in [0.5, 0.6) is 11.5 Å². The first-order chi connectivity index (χ1) is 7.82. The van der Waals surface area contributed by atoms with Gasteiger partial charge in [0.05, 0.1) is 7.11 Å². The summed E-state index contributed by atoms with van der Waals surface area (Å²) in [4.78, 5) is 10.8. The summed E-state index contributed by atoms with van der Waals surface area (Å²) in [6.45, 7) is 3.08. The Hall–Kier alpha value is -1.75. The molecule has 94 valence electrons. The van der Waals surface area contributed by atoms with Crippen molar-refractivity contribution in [2.45, 2.75) is 25.4 Å². The van der Waals surface area contributed by atoms with Crippen LogP contribution in [-0.4, -0.2) is 34.5 Å². The molecule has 1 aromatic rings. The van der Waals surface area contributed by atoms with Gasteiger partial charge in [0.1, 0.15) is 0 Å². The lowest BCUT2D eigenvalue weighted by Gasteiger charge is -2.29. The molecule has 17 heavy (non-hydrogen) atoms. The monoisotopic (exact) mass is 240 g/mol. The number of carboxylic acid groups (broad SMARTS) is 1. The summed E-state index contributed by atoms with van der Waals surface area (Å²) in [7, 11) is 1.40. The summed E-state index contributed by atoms with van der Waals surface area (Å²) >= 11 is 0. The Morgan fingerprint density at radius 3 is 2.47 bits per heavy atom.